The fourth-order valence-corrected chi connectivity index (χ4v) is 3.04. The molecular formula is C13H25NOSi. The topological polar surface area (TPSA) is 12.5 Å². The molecule has 0 atom stereocenters. The molecular weight excluding hydrogens is 214 g/mol. The Kier molecular flexibility index (Phi) is 4.65. The molecule has 1 heterocycles. The second-order valence-electron chi connectivity index (χ2n) is 5.51. The Morgan fingerprint density at radius 3 is 2.25 bits per heavy atom. The zero-order chi connectivity index (χ0) is 12.2. The number of nitrogens with zero attached hydrogens (tertiary/aromatic N) is 1. The summed E-state index contributed by atoms with van der Waals surface area (Å²) < 4.78 is 5.91. The largest absolute Gasteiger partial charge is 0.547 e. The highest BCUT2D eigenvalue weighted by Crippen LogP contribution is 2.17. The van der Waals surface area contributed by atoms with Gasteiger partial charge in [-0.1, -0.05) is 6.58 Å². The Labute approximate surface area is 101 Å². The maximum absolute atomic E-state index is 5.91. The lowest BCUT2D eigenvalue weighted by molar-refractivity contribution is 0.292. The van der Waals surface area contributed by atoms with Crippen molar-refractivity contribution in [1.29, 1.82) is 0 Å². The summed E-state index contributed by atoms with van der Waals surface area (Å²) >= 11 is 0. The first-order valence-corrected chi connectivity index (χ1v) is 9.60. The summed E-state index contributed by atoms with van der Waals surface area (Å²) in [6.07, 6.45) is 6.03. The van der Waals surface area contributed by atoms with Gasteiger partial charge in [-0.3, -0.25) is 0 Å². The summed E-state index contributed by atoms with van der Waals surface area (Å²) in [5.41, 5.74) is 1.11. The van der Waals surface area contributed by atoms with Crippen LogP contribution in [0.1, 0.15) is 26.2 Å². The van der Waals surface area contributed by atoms with Crippen LogP contribution in [0, 0.1) is 0 Å². The molecule has 0 aromatic heterocycles. The van der Waals surface area contributed by atoms with Crippen molar-refractivity contribution in [2.75, 3.05) is 13.1 Å². The Hall–Kier alpha value is -0.703. The molecule has 16 heavy (non-hydrogen) atoms. The fourth-order valence-electron chi connectivity index (χ4n) is 2.02. The van der Waals surface area contributed by atoms with E-state index in [0.29, 0.717) is 0 Å². The van der Waals surface area contributed by atoms with Gasteiger partial charge in [0.2, 0.25) is 8.32 Å². The van der Waals surface area contributed by atoms with Gasteiger partial charge in [-0.05, 0) is 51.9 Å². The molecule has 0 aliphatic carbocycles. The first-order chi connectivity index (χ1) is 7.38. The van der Waals surface area contributed by atoms with Gasteiger partial charge in [0.15, 0.2) is 0 Å². The van der Waals surface area contributed by atoms with Crippen molar-refractivity contribution in [3.63, 3.8) is 0 Å². The van der Waals surface area contributed by atoms with Crippen molar-refractivity contribution in [3.05, 3.63) is 24.1 Å². The van der Waals surface area contributed by atoms with Crippen molar-refractivity contribution in [2.24, 2.45) is 0 Å². The molecule has 1 aliphatic heterocycles. The summed E-state index contributed by atoms with van der Waals surface area (Å²) in [6.45, 7) is 15.1. The summed E-state index contributed by atoms with van der Waals surface area (Å²) in [6, 6.07) is 0. The standard InChI is InChI=1S/C13H25NOSi/c1-12(14-9-7-6-8-10-14)11-13(2)15-16(3,4)5/h11H,1,6-10H2,2-5H3/b13-11+. The van der Waals surface area contributed by atoms with E-state index in [1.165, 1.54) is 19.3 Å². The third-order valence-electron chi connectivity index (χ3n) is 2.60. The van der Waals surface area contributed by atoms with Crippen molar-refractivity contribution < 1.29 is 4.43 Å². The minimum absolute atomic E-state index is 1.01. The van der Waals surface area contributed by atoms with E-state index >= 15 is 0 Å². The van der Waals surface area contributed by atoms with Crippen LogP contribution in [0.3, 0.4) is 0 Å². The fraction of sp³-hybridized carbons (Fsp3) is 0.692. The number of hydrogen-bond donors (Lipinski definition) is 0. The third kappa shape index (κ3) is 4.88. The quantitative estimate of drug-likeness (QED) is 0.421. The molecule has 0 saturated carbocycles. The van der Waals surface area contributed by atoms with E-state index in [4.69, 9.17) is 4.43 Å². The van der Waals surface area contributed by atoms with Crippen LogP contribution in [0.4, 0.5) is 0 Å². The van der Waals surface area contributed by atoms with E-state index in [0.717, 1.165) is 24.5 Å². The van der Waals surface area contributed by atoms with Gasteiger partial charge in [-0.2, -0.15) is 0 Å². The number of allylic oxidation sites excluding steroid dienone is 2. The molecule has 92 valence electrons. The first kappa shape index (κ1) is 13.4. The van der Waals surface area contributed by atoms with Crippen molar-refractivity contribution in [1.82, 2.24) is 4.90 Å². The lowest BCUT2D eigenvalue weighted by Gasteiger charge is -2.29. The average molecular weight is 239 g/mol. The highest BCUT2D eigenvalue weighted by Gasteiger charge is 2.16. The molecule has 2 nitrogen and oxygen atoms in total. The van der Waals surface area contributed by atoms with E-state index in [2.05, 4.69) is 37.2 Å². The van der Waals surface area contributed by atoms with Gasteiger partial charge in [0, 0.05) is 18.8 Å². The number of hydrogen-bond acceptors (Lipinski definition) is 2. The van der Waals surface area contributed by atoms with Crippen LogP contribution in [0.25, 0.3) is 0 Å². The van der Waals surface area contributed by atoms with Gasteiger partial charge in [0.25, 0.3) is 0 Å². The molecule has 1 fully saturated rings. The molecule has 0 spiro atoms. The average Bonchev–Trinajstić information content (AvgIpc) is 2.16. The number of piperidine rings is 1. The zero-order valence-corrected chi connectivity index (χ0v) is 12.2. The maximum Gasteiger partial charge on any atom is 0.241 e. The first-order valence-electron chi connectivity index (χ1n) is 6.20. The minimum Gasteiger partial charge on any atom is -0.547 e. The molecule has 0 amide bonds. The monoisotopic (exact) mass is 239 g/mol. The summed E-state index contributed by atoms with van der Waals surface area (Å²) in [5, 5.41) is 0. The smallest absolute Gasteiger partial charge is 0.241 e. The van der Waals surface area contributed by atoms with E-state index < -0.39 is 8.32 Å². The maximum atomic E-state index is 5.91. The zero-order valence-electron chi connectivity index (χ0n) is 11.2. The summed E-state index contributed by atoms with van der Waals surface area (Å²) in [5.74, 6) is 1.01. The highest BCUT2D eigenvalue weighted by molar-refractivity contribution is 6.70. The van der Waals surface area contributed by atoms with E-state index in [1.54, 1.807) is 0 Å². The van der Waals surface area contributed by atoms with Crippen LogP contribution in [-0.2, 0) is 4.43 Å². The van der Waals surface area contributed by atoms with Crippen molar-refractivity contribution in [3.8, 4) is 0 Å². The molecule has 0 bridgehead atoms. The van der Waals surface area contributed by atoms with Gasteiger partial charge < -0.3 is 9.33 Å². The lowest BCUT2D eigenvalue weighted by Crippen LogP contribution is -2.28. The molecule has 1 aliphatic rings. The molecule has 0 N–H and O–H groups in total. The van der Waals surface area contributed by atoms with E-state index in [9.17, 15) is 0 Å². The van der Waals surface area contributed by atoms with Gasteiger partial charge in [0.05, 0.1) is 5.76 Å². The SMILES string of the molecule is C=C(/C=C(\C)O[Si](C)(C)C)N1CCCCC1. The molecule has 0 aromatic rings. The lowest BCUT2D eigenvalue weighted by atomic mass is 10.1. The second kappa shape index (κ2) is 5.57. The van der Waals surface area contributed by atoms with Crippen LogP contribution in [-0.4, -0.2) is 26.3 Å². The van der Waals surface area contributed by atoms with Gasteiger partial charge >= 0.3 is 0 Å². The van der Waals surface area contributed by atoms with Crippen LogP contribution >= 0.6 is 0 Å². The molecule has 1 rings (SSSR count). The summed E-state index contributed by atoms with van der Waals surface area (Å²) in [4.78, 5) is 2.36. The predicted molar refractivity (Wildman–Crippen MR) is 72.8 cm³/mol. The van der Waals surface area contributed by atoms with Crippen LogP contribution in [0.5, 0.6) is 0 Å². The highest BCUT2D eigenvalue weighted by atomic mass is 28.4. The van der Waals surface area contributed by atoms with E-state index in [1.807, 2.05) is 6.92 Å². The Bertz CT molecular complexity index is 272. The van der Waals surface area contributed by atoms with Crippen LogP contribution < -0.4 is 0 Å². The van der Waals surface area contributed by atoms with Gasteiger partial charge in [-0.25, -0.2) is 0 Å². The molecule has 0 aromatic carbocycles. The molecule has 1 saturated heterocycles. The Balaban J connectivity index is 2.50. The van der Waals surface area contributed by atoms with Crippen molar-refractivity contribution >= 4 is 8.32 Å². The second-order valence-corrected chi connectivity index (χ2v) is 9.94. The number of likely N-dealkylation sites (tertiary alicyclic amines) is 1. The van der Waals surface area contributed by atoms with Gasteiger partial charge in [0.1, 0.15) is 0 Å². The van der Waals surface area contributed by atoms with Crippen LogP contribution in [0.2, 0.25) is 19.6 Å². The molecule has 3 heteroatoms. The molecule has 0 radical (unpaired) electrons. The van der Waals surface area contributed by atoms with Gasteiger partial charge in [-0.15, -0.1) is 0 Å². The normalized spacial score (nSPS) is 18.5. The predicted octanol–water partition coefficient (Wildman–Crippen LogP) is 3.74. The Morgan fingerprint density at radius 1 is 1.19 bits per heavy atom. The minimum atomic E-state index is -1.46. The van der Waals surface area contributed by atoms with Crippen LogP contribution in [0.15, 0.2) is 24.1 Å². The number of rotatable bonds is 4. The molecule has 0 unspecified atom stereocenters. The Morgan fingerprint density at radius 2 is 1.75 bits per heavy atom. The third-order valence-corrected chi connectivity index (χ3v) is 3.53. The van der Waals surface area contributed by atoms with E-state index in [-0.39, 0.29) is 0 Å². The summed E-state index contributed by atoms with van der Waals surface area (Å²) in [7, 11) is -1.46. The van der Waals surface area contributed by atoms with Crippen molar-refractivity contribution in [2.45, 2.75) is 45.8 Å².